The smallest absolute Gasteiger partial charge is 0.408 e. The number of aryl methyl sites for hydroxylation is 2. The second-order valence-corrected chi connectivity index (χ2v) is 7.51. The normalized spacial score (nSPS) is 13.3. The van der Waals surface area contributed by atoms with Crippen LogP contribution in [-0.4, -0.2) is 39.4 Å². The standard InChI is InChI=1S/C16H27N3O5/c1-10-17-12(24-19-10)9-8-11(13(20)22-15(2,3)4)18-14(21)23-16(5,6)7/h11H,8-9H2,1-7H3,(H,18,21)/t11-/m0/s1. The van der Waals surface area contributed by atoms with Crippen LogP contribution in [0.25, 0.3) is 0 Å². The fraction of sp³-hybridized carbons (Fsp3) is 0.750. The van der Waals surface area contributed by atoms with Crippen LogP contribution in [0.3, 0.4) is 0 Å². The summed E-state index contributed by atoms with van der Waals surface area (Å²) in [6, 6.07) is -0.869. The van der Waals surface area contributed by atoms with Crippen molar-refractivity contribution in [3.8, 4) is 0 Å². The van der Waals surface area contributed by atoms with Crippen molar-refractivity contribution in [1.82, 2.24) is 15.5 Å². The van der Waals surface area contributed by atoms with E-state index in [0.29, 0.717) is 18.1 Å². The van der Waals surface area contributed by atoms with Crippen LogP contribution in [-0.2, 0) is 20.7 Å². The molecule has 0 aliphatic heterocycles. The van der Waals surface area contributed by atoms with E-state index in [9.17, 15) is 9.59 Å². The minimum atomic E-state index is -0.869. The highest BCUT2D eigenvalue weighted by Gasteiger charge is 2.29. The van der Waals surface area contributed by atoms with Crippen LogP contribution in [0.4, 0.5) is 4.79 Å². The molecule has 1 aromatic rings. The van der Waals surface area contributed by atoms with Gasteiger partial charge in [-0.05, 0) is 54.9 Å². The molecule has 0 saturated carbocycles. The van der Waals surface area contributed by atoms with E-state index in [4.69, 9.17) is 14.0 Å². The molecule has 1 rings (SSSR count). The molecular formula is C16H27N3O5. The van der Waals surface area contributed by atoms with Crippen LogP contribution in [0.15, 0.2) is 4.52 Å². The van der Waals surface area contributed by atoms with Crippen LogP contribution in [0.1, 0.15) is 59.7 Å². The van der Waals surface area contributed by atoms with Gasteiger partial charge in [0.1, 0.15) is 17.2 Å². The van der Waals surface area contributed by atoms with Crippen LogP contribution in [0.2, 0.25) is 0 Å². The molecule has 8 heteroatoms. The SMILES string of the molecule is Cc1noc(CC[C@H](NC(=O)OC(C)(C)C)C(=O)OC(C)(C)C)n1. The first-order chi connectivity index (χ1) is 10.9. The number of rotatable bonds is 5. The molecule has 0 saturated heterocycles. The van der Waals surface area contributed by atoms with E-state index < -0.39 is 29.3 Å². The molecule has 1 heterocycles. The van der Waals surface area contributed by atoms with Crippen molar-refractivity contribution in [3.63, 3.8) is 0 Å². The van der Waals surface area contributed by atoms with Crippen molar-refractivity contribution in [2.45, 2.75) is 78.6 Å². The van der Waals surface area contributed by atoms with Gasteiger partial charge in [-0.15, -0.1) is 0 Å². The third-order valence-electron chi connectivity index (χ3n) is 2.60. The van der Waals surface area contributed by atoms with Crippen molar-refractivity contribution in [1.29, 1.82) is 0 Å². The molecule has 8 nitrogen and oxygen atoms in total. The number of carbonyl (C=O) groups is 2. The van der Waals surface area contributed by atoms with Crippen LogP contribution < -0.4 is 5.32 Å². The molecule has 0 radical (unpaired) electrons. The molecule has 0 bridgehead atoms. The van der Waals surface area contributed by atoms with Crippen molar-refractivity contribution >= 4 is 12.1 Å². The van der Waals surface area contributed by atoms with E-state index in [0.717, 1.165) is 0 Å². The van der Waals surface area contributed by atoms with Crippen LogP contribution in [0, 0.1) is 6.92 Å². The lowest BCUT2D eigenvalue weighted by atomic mass is 10.1. The largest absolute Gasteiger partial charge is 0.458 e. The Balaban J connectivity index is 2.74. The zero-order valence-electron chi connectivity index (χ0n) is 15.4. The number of ether oxygens (including phenoxy) is 2. The van der Waals surface area contributed by atoms with Gasteiger partial charge < -0.3 is 19.3 Å². The highest BCUT2D eigenvalue weighted by molar-refractivity contribution is 5.81. The zero-order valence-corrected chi connectivity index (χ0v) is 15.4. The third kappa shape index (κ3) is 7.94. The number of nitrogens with zero attached hydrogens (tertiary/aromatic N) is 2. The van der Waals surface area contributed by atoms with Crippen molar-refractivity contribution < 1.29 is 23.6 Å². The molecule has 0 aromatic carbocycles. The summed E-state index contributed by atoms with van der Waals surface area (Å²) >= 11 is 0. The summed E-state index contributed by atoms with van der Waals surface area (Å²) in [6.45, 7) is 12.2. The molecule has 1 N–H and O–H groups in total. The monoisotopic (exact) mass is 341 g/mol. The van der Waals surface area contributed by atoms with Gasteiger partial charge in [-0.25, -0.2) is 9.59 Å². The molecule has 1 aromatic heterocycles. The van der Waals surface area contributed by atoms with Gasteiger partial charge in [0, 0.05) is 6.42 Å². The molecule has 0 unspecified atom stereocenters. The van der Waals surface area contributed by atoms with Gasteiger partial charge in [-0.3, -0.25) is 0 Å². The highest BCUT2D eigenvalue weighted by atomic mass is 16.6. The summed E-state index contributed by atoms with van der Waals surface area (Å²) in [5.41, 5.74) is -1.32. The molecule has 136 valence electrons. The lowest BCUT2D eigenvalue weighted by molar-refractivity contribution is -0.157. The van der Waals surface area contributed by atoms with E-state index in [2.05, 4.69) is 15.5 Å². The quantitative estimate of drug-likeness (QED) is 0.821. The second kappa shape index (κ2) is 7.63. The molecule has 0 aliphatic rings. The maximum atomic E-state index is 12.3. The van der Waals surface area contributed by atoms with E-state index in [1.54, 1.807) is 48.5 Å². The first-order valence-electron chi connectivity index (χ1n) is 7.87. The Labute approximate surface area is 142 Å². The topological polar surface area (TPSA) is 104 Å². The maximum absolute atomic E-state index is 12.3. The Morgan fingerprint density at radius 3 is 2.17 bits per heavy atom. The number of amides is 1. The molecule has 0 fully saturated rings. The third-order valence-corrected chi connectivity index (χ3v) is 2.60. The summed E-state index contributed by atoms with van der Waals surface area (Å²) in [5.74, 6) is 0.371. The van der Waals surface area contributed by atoms with E-state index in [1.165, 1.54) is 0 Å². The predicted molar refractivity (Wildman–Crippen MR) is 86.4 cm³/mol. The summed E-state index contributed by atoms with van der Waals surface area (Å²) in [4.78, 5) is 28.4. The minimum absolute atomic E-state index is 0.260. The van der Waals surface area contributed by atoms with Gasteiger partial charge in [-0.2, -0.15) is 4.98 Å². The predicted octanol–water partition coefficient (Wildman–Crippen LogP) is 2.55. The Morgan fingerprint density at radius 2 is 1.71 bits per heavy atom. The molecule has 1 amide bonds. The lowest BCUT2D eigenvalue weighted by Crippen LogP contribution is -2.46. The number of carbonyl (C=O) groups excluding carboxylic acids is 2. The average molecular weight is 341 g/mol. The molecular weight excluding hydrogens is 314 g/mol. The van der Waals surface area contributed by atoms with Gasteiger partial charge in [0.2, 0.25) is 5.89 Å². The van der Waals surface area contributed by atoms with Crippen molar-refractivity contribution in [2.24, 2.45) is 0 Å². The van der Waals surface area contributed by atoms with E-state index in [-0.39, 0.29) is 6.42 Å². The van der Waals surface area contributed by atoms with Crippen LogP contribution >= 0.6 is 0 Å². The summed E-state index contributed by atoms with van der Waals surface area (Å²) in [5, 5.41) is 6.24. The number of nitrogens with one attached hydrogen (secondary N) is 1. The first kappa shape index (κ1) is 19.9. The second-order valence-electron chi connectivity index (χ2n) is 7.51. The number of alkyl carbamates (subject to hydrolysis) is 1. The van der Waals surface area contributed by atoms with E-state index in [1.807, 2.05) is 0 Å². The lowest BCUT2D eigenvalue weighted by Gasteiger charge is -2.26. The summed E-state index contributed by atoms with van der Waals surface area (Å²) in [7, 11) is 0. The fourth-order valence-corrected chi connectivity index (χ4v) is 1.78. The van der Waals surface area contributed by atoms with Crippen LogP contribution in [0.5, 0.6) is 0 Å². The number of hydrogen-bond acceptors (Lipinski definition) is 7. The zero-order chi connectivity index (χ0) is 18.5. The van der Waals surface area contributed by atoms with Gasteiger partial charge in [0.25, 0.3) is 0 Å². The molecule has 24 heavy (non-hydrogen) atoms. The van der Waals surface area contributed by atoms with Crippen molar-refractivity contribution in [3.05, 3.63) is 11.7 Å². The Kier molecular flexibility index (Phi) is 6.34. The Bertz CT molecular complexity index is 569. The van der Waals surface area contributed by atoms with Gasteiger partial charge in [-0.1, -0.05) is 5.16 Å². The van der Waals surface area contributed by atoms with E-state index >= 15 is 0 Å². The van der Waals surface area contributed by atoms with Gasteiger partial charge in [0.15, 0.2) is 5.82 Å². The summed E-state index contributed by atoms with van der Waals surface area (Å²) < 4.78 is 15.6. The first-order valence-corrected chi connectivity index (χ1v) is 7.87. The van der Waals surface area contributed by atoms with Gasteiger partial charge >= 0.3 is 12.1 Å². The van der Waals surface area contributed by atoms with Gasteiger partial charge in [0.05, 0.1) is 0 Å². The molecule has 1 atom stereocenters. The summed E-state index contributed by atoms with van der Waals surface area (Å²) in [6.07, 6.45) is -0.0869. The maximum Gasteiger partial charge on any atom is 0.408 e. The fourth-order valence-electron chi connectivity index (χ4n) is 1.78. The average Bonchev–Trinajstić information content (AvgIpc) is 2.75. The minimum Gasteiger partial charge on any atom is -0.458 e. The highest BCUT2D eigenvalue weighted by Crippen LogP contribution is 2.13. The Morgan fingerprint density at radius 1 is 1.12 bits per heavy atom. The van der Waals surface area contributed by atoms with Crippen molar-refractivity contribution in [2.75, 3.05) is 0 Å². The molecule has 0 aliphatic carbocycles. The number of aromatic nitrogens is 2. The number of hydrogen-bond donors (Lipinski definition) is 1. The number of esters is 1. The molecule has 0 spiro atoms. The Hall–Kier alpha value is -2.12.